The predicted octanol–water partition coefficient (Wildman–Crippen LogP) is -1.38. The molecule has 10 heteroatoms. The lowest BCUT2D eigenvalue weighted by molar-refractivity contribution is -0.923. The van der Waals surface area contributed by atoms with E-state index in [0.717, 1.165) is 5.82 Å². The summed E-state index contributed by atoms with van der Waals surface area (Å²) >= 11 is 0. The number of quaternary nitrogens is 1. The lowest BCUT2D eigenvalue weighted by Crippen LogP contribution is -2.63. The lowest BCUT2D eigenvalue weighted by Gasteiger charge is -2.49. The van der Waals surface area contributed by atoms with Gasteiger partial charge in [0.2, 0.25) is 0 Å². The van der Waals surface area contributed by atoms with Crippen LogP contribution in [0, 0.1) is 0 Å². The summed E-state index contributed by atoms with van der Waals surface area (Å²) in [4.78, 5) is 0. The van der Waals surface area contributed by atoms with Crippen molar-refractivity contribution in [3.8, 4) is 0 Å². The van der Waals surface area contributed by atoms with Crippen molar-refractivity contribution in [3.05, 3.63) is 0 Å². The first kappa shape index (κ1) is 15.9. The molecule has 3 saturated heterocycles. The van der Waals surface area contributed by atoms with Crippen LogP contribution in [-0.4, -0.2) is 93.9 Å². The minimum Gasteiger partial charge on any atom is -0.325 e. The molecular formula is C9H19B9N+. The molecule has 3 aliphatic rings. The molecule has 3 rings (SSSR count). The topological polar surface area (TPSA) is 0 Å². The van der Waals surface area contributed by atoms with Gasteiger partial charge in [0.1, 0.15) is 0 Å². The van der Waals surface area contributed by atoms with E-state index >= 15 is 0 Å². The molecule has 86 valence electrons. The molecule has 0 spiro atoms. The number of nitrogens with zero attached hydrogens (tertiary/aromatic N) is 1. The Labute approximate surface area is 126 Å². The maximum atomic E-state index is 2.50. The second kappa shape index (κ2) is 7.52. The van der Waals surface area contributed by atoms with E-state index in [9.17, 15) is 0 Å². The van der Waals surface area contributed by atoms with Gasteiger partial charge in [-0.3, -0.25) is 0 Å². The van der Waals surface area contributed by atoms with Gasteiger partial charge in [-0.15, -0.1) is 5.72 Å². The van der Waals surface area contributed by atoms with Crippen molar-refractivity contribution in [3.63, 3.8) is 0 Å². The molecule has 3 fully saturated rings. The van der Waals surface area contributed by atoms with Crippen LogP contribution >= 0.6 is 0 Å². The summed E-state index contributed by atoms with van der Waals surface area (Å²) in [5.41, 5.74) is 0.666. The van der Waals surface area contributed by atoms with Gasteiger partial charge in [0.05, 0.1) is 39.8 Å². The third-order valence-electron chi connectivity index (χ3n) is 5.15. The quantitative estimate of drug-likeness (QED) is 0.409. The average molecular weight is 239 g/mol. The number of hydrogen-bond acceptors (Lipinski definition) is 0. The molecule has 19 heavy (non-hydrogen) atoms. The molecule has 3 heterocycles. The van der Waals surface area contributed by atoms with Gasteiger partial charge in [0.25, 0.3) is 0 Å². The molecule has 2 unspecified atom stereocenters. The van der Waals surface area contributed by atoms with Crippen LogP contribution in [0.4, 0.5) is 0 Å². The van der Waals surface area contributed by atoms with Crippen molar-refractivity contribution >= 4 is 63.2 Å². The largest absolute Gasteiger partial charge is 0.325 e. The summed E-state index contributed by atoms with van der Waals surface area (Å²) in [6.07, 6.45) is 0. The van der Waals surface area contributed by atoms with Crippen LogP contribution in [0.1, 0.15) is 20.8 Å². The summed E-state index contributed by atoms with van der Waals surface area (Å²) < 4.78 is 1.26. The van der Waals surface area contributed by atoms with E-state index in [1.54, 1.807) is 0 Å². The SMILES string of the molecule is CC[N+](CC)(CC)CC1B2[B][B][B][B][B][B][B]C1[B]2. The Balaban J connectivity index is 1.97. The molecule has 2 bridgehead atoms. The molecule has 0 aromatic rings. The van der Waals surface area contributed by atoms with Crippen molar-refractivity contribution in [2.75, 3.05) is 26.2 Å². The van der Waals surface area contributed by atoms with Crippen molar-refractivity contribution in [1.29, 1.82) is 0 Å². The van der Waals surface area contributed by atoms with Gasteiger partial charge in [0.15, 0.2) is 0 Å². The van der Waals surface area contributed by atoms with E-state index in [0.29, 0.717) is 12.2 Å². The highest BCUT2D eigenvalue weighted by atomic mass is 15.3. The first-order chi connectivity index (χ1) is 9.24. The van der Waals surface area contributed by atoms with Crippen LogP contribution in [0.25, 0.3) is 0 Å². The molecule has 0 aromatic carbocycles. The van der Waals surface area contributed by atoms with Gasteiger partial charge in [-0.05, 0) is 26.6 Å². The van der Waals surface area contributed by atoms with Crippen LogP contribution in [0.5, 0.6) is 0 Å². The summed E-state index contributed by atoms with van der Waals surface area (Å²) in [5.74, 6) is 0.784. The Morgan fingerprint density at radius 3 is 2.21 bits per heavy atom. The number of fused-ring (bicyclic) bond motifs is 6. The zero-order valence-electron chi connectivity index (χ0n) is 12.6. The standard InChI is InChI=1S/C9H19B9N/c1-4-19(5-2,6-3)7-8-9-10-12-13-14-15-16-17-18(8)11-9/h8-9H,4-7H2,1-3H3/q+1. The maximum absolute atomic E-state index is 2.50. The molecule has 1 nitrogen and oxygen atoms in total. The predicted molar refractivity (Wildman–Crippen MR) is 96.0 cm³/mol. The Bertz CT molecular complexity index is 248. The van der Waals surface area contributed by atoms with Crippen molar-refractivity contribution < 1.29 is 4.48 Å². The number of rotatable bonds is 5. The van der Waals surface area contributed by atoms with E-state index in [2.05, 4.69) is 77.5 Å². The maximum Gasteiger partial charge on any atom is 0.0757 e. The fraction of sp³-hybridized carbons (Fsp3) is 1.00. The second-order valence-electron chi connectivity index (χ2n) is 5.83. The van der Waals surface area contributed by atoms with E-state index in [1.165, 1.54) is 30.7 Å². The van der Waals surface area contributed by atoms with Gasteiger partial charge >= 0.3 is 0 Å². The first-order valence-corrected chi connectivity index (χ1v) is 7.79. The van der Waals surface area contributed by atoms with E-state index < -0.39 is 0 Å². The van der Waals surface area contributed by atoms with Crippen LogP contribution in [0.15, 0.2) is 0 Å². The zero-order valence-corrected chi connectivity index (χ0v) is 12.6. The Morgan fingerprint density at radius 1 is 0.895 bits per heavy atom. The average Bonchev–Trinajstić information content (AvgIpc) is 2.46. The van der Waals surface area contributed by atoms with E-state index in [4.69, 9.17) is 0 Å². The molecule has 0 aromatic heterocycles. The summed E-state index contributed by atoms with van der Waals surface area (Å²) in [7, 11) is 18.0. The van der Waals surface area contributed by atoms with Crippen molar-refractivity contribution in [2.45, 2.75) is 32.3 Å². The molecule has 0 N–H and O–H groups in total. The molecule has 0 saturated carbocycles. The Hall–Kier alpha value is 0.544. The van der Waals surface area contributed by atoms with Crippen LogP contribution in [0.3, 0.4) is 0 Å². The van der Waals surface area contributed by atoms with E-state index in [-0.39, 0.29) is 0 Å². The Morgan fingerprint density at radius 2 is 1.53 bits per heavy atom. The highest BCUT2D eigenvalue weighted by Gasteiger charge is 2.45. The molecule has 2 atom stereocenters. The van der Waals surface area contributed by atoms with E-state index in [1.807, 2.05) is 0 Å². The normalized spacial score (nSPS) is 25.5. The molecule has 0 amide bonds. The highest BCUT2D eigenvalue weighted by molar-refractivity contribution is 7.72. The van der Waals surface area contributed by atoms with Crippen molar-refractivity contribution in [1.82, 2.24) is 0 Å². The van der Waals surface area contributed by atoms with Gasteiger partial charge in [-0.25, -0.2) is 0 Å². The summed E-state index contributed by atoms with van der Waals surface area (Å²) in [6, 6.07) is 0. The smallest absolute Gasteiger partial charge is 0.0757 e. The van der Waals surface area contributed by atoms with Gasteiger partial charge in [0, 0.05) is 49.5 Å². The molecule has 8 radical (unpaired) electrons. The molecule has 0 aliphatic carbocycles. The third-order valence-corrected chi connectivity index (χ3v) is 5.15. The monoisotopic (exact) mass is 240 g/mol. The Kier molecular flexibility index (Phi) is 6.31. The fourth-order valence-electron chi connectivity index (χ4n) is 3.39. The molecule has 3 aliphatic heterocycles. The lowest BCUT2D eigenvalue weighted by atomic mass is 8.75. The second-order valence-corrected chi connectivity index (χ2v) is 5.83. The zero-order chi connectivity index (χ0) is 13.7. The summed E-state index contributed by atoms with van der Waals surface area (Å²) in [5, 5.41) is 0. The molecular weight excluding hydrogens is 219 g/mol. The van der Waals surface area contributed by atoms with Crippen LogP contribution < -0.4 is 0 Å². The highest BCUT2D eigenvalue weighted by Crippen LogP contribution is 2.38. The summed E-state index contributed by atoms with van der Waals surface area (Å²) in [6.45, 7) is 12.8. The van der Waals surface area contributed by atoms with Gasteiger partial charge < -0.3 is 4.48 Å². The fourth-order valence-corrected chi connectivity index (χ4v) is 3.39. The minimum atomic E-state index is 0.666. The van der Waals surface area contributed by atoms with Crippen LogP contribution in [0.2, 0.25) is 11.5 Å². The van der Waals surface area contributed by atoms with Gasteiger partial charge in [-0.2, -0.15) is 0 Å². The number of hydrogen-bond donors (Lipinski definition) is 0. The van der Waals surface area contributed by atoms with Crippen molar-refractivity contribution in [2.24, 2.45) is 0 Å². The first-order valence-electron chi connectivity index (χ1n) is 7.79. The minimum absolute atomic E-state index is 0.666. The van der Waals surface area contributed by atoms with Crippen LogP contribution in [-0.2, 0) is 0 Å². The third kappa shape index (κ3) is 3.80. The van der Waals surface area contributed by atoms with Gasteiger partial charge in [-0.1, -0.05) is 0 Å².